The van der Waals surface area contributed by atoms with E-state index >= 15 is 0 Å². The summed E-state index contributed by atoms with van der Waals surface area (Å²) in [5.74, 6) is 0.935. The number of fused-ring (bicyclic) bond motifs is 1. The van der Waals surface area contributed by atoms with Gasteiger partial charge in [-0.2, -0.15) is 0 Å². The van der Waals surface area contributed by atoms with Crippen LogP contribution >= 0.6 is 11.6 Å². The monoisotopic (exact) mass is 325 g/mol. The van der Waals surface area contributed by atoms with E-state index in [1.54, 1.807) is 0 Å². The van der Waals surface area contributed by atoms with E-state index in [2.05, 4.69) is 11.8 Å². The van der Waals surface area contributed by atoms with Gasteiger partial charge < -0.3 is 14.6 Å². The van der Waals surface area contributed by atoms with Gasteiger partial charge in [-0.05, 0) is 49.9 Å². The molecular weight excluding hydrogens is 302 g/mol. The van der Waals surface area contributed by atoms with Crippen LogP contribution in [0, 0.1) is 5.41 Å². The van der Waals surface area contributed by atoms with Crippen LogP contribution in [0.5, 0.6) is 5.75 Å². The molecule has 3 rings (SSSR count). The predicted molar refractivity (Wildman–Crippen MR) is 86.1 cm³/mol. The molecule has 1 fully saturated rings. The molecule has 0 saturated carbocycles. The lowest BCUT2D eigenvalue weighted by atomic mass is 9.77. The number of piperidine rings is 1. The topological polar surface area (TPSA) is 41.9 Å². The Morgan fingerprint density at radius 1 is 1.32 bits per heavy atom. The Balaban J connectivity index is 1.71. The normalized spacial score (nSPS) is 21.2. The number of halogens is 1. The van der Waals surface area contributed by atoms with Gasteiger partial charge in [0.05, 0.1) is 6.61 Å². The first-order valence-corrected chi connectivity index (χ1v) is 8.39. The van der Waals surface area contributed by atoms with Crippen molar-refractivity contribution >= 4 is 11.6 Å². The highest BCUT2D eigenvalue weighted by Crippen LogP contribution is 2.37. The highest BCUT2D eigenvalue weighted by atomic mass is 35.5. The van der Waals surface area contributed by atoms with Gasteiger partial charge >= 0.3 is 0 Å². The van der Waals surface area contributed by atoms with Gasteiger partial charge in [0, 0.05) is 29.3 Å². The summed E-state index contributed by atoms with van der Waals surface area (Å²) in [5.41, 5.74) is 2.29. The van der Waals surface area contributed by atoms with Crippen molar-refractivity contribution in [3.8, 4) is 5.75 Å². The van der Waals surface area contributed by atoms with Crippen LogP contribution < -0.4 is 4.74 Å². The smallest absolute Gasteiger partial charge is 0.189 e. The molecule has 0 unspecified atom stereocenters. The molecule has 5 heteroatoms. The number of aliphatic hydroxyl groups is 1. The molecule has 1 N–H and O–H groups in total. The zero-order chi connectivity index (χ0) is 15.6. The fraction of sp³-hybridized carbons (Fsp3) is 0.647. The molecule has 0 aromatic heterocycles. The number of hydrogen-bond acceptors (Lipinski definition) is 4. The van der Waals surface area contributed by atoms with Crippen molar-refractivity contribution in [2.24, 2.45) is 5.41 Å². The van der Waals surface area contributed by atoms with Crippen LogP contribution in [-0.2, 0) is 17.9 Å². The lowest BCUT2D eigenvalue weighted by Crippen LogP contribution is -2.41. The number of nitrogens with zero attached hydrogens (tertiary/aromatic N) is 1. The van der Waals surface area contributed by atoms with Gasteiger partial charge in [0.1, 0.15) is 5.75 Å². The van der Waals surface area contributed by atoms with Gasteiger partial charge in [-0.3, -0.25) is 4.90 Å². The molecule has 0 amide bonds. The third-order valence-electron chi connectivity index (χ3n) is 5.15. The highest BCUT2D eigenvalue weighted by molar-refractivity contribution is 6.30. The van der Waals surface area contributed by atoms with Crippen LogP contribution in [0.2, 0.25) is 5.02 Å². The van der Waals surface area contributed by atoms with E-state index in [1.165, 1.54) is 0 Å². The molecule has 2 aliphatic heterocycles. The fourth-order valence-electron chi connectivity index (χ4n) is 3.42. The molecule has 0 aliphatic carbocycles. The Morgan fingerprint density at radius 3 is 2.77 bits per heavy atom. The van der Waals surface area contributed by atoms with Crippen molar-refractivity contribution in [1.29, 1.82) is 0 Å². The van der Waals surface area contributed by atoms with Crippen LogP contribution in [0.3, 0.4) is 0 Å². The van der Waals surface area contributed by atoms with Gasteiger partial charge in [0.2, 0.25) is 0 Å². The van der Waals surface area contributed by atoms with E-state index < -0.39 is 0 Å². The number of benzene rings is 1. The quantitative estimate of drug-likeness (QED) is 0.923. The predicted octanol–water partition coefficient (Wildman–Crippen LogP) is 3.19. The Kier molecular flexibility index (Phi) is 4.93. The molecule has 4 nitrogen and oxygen atoms in total. The summed E-state index contributed by atoms with van der Waals surface area (Å²) < 4.78 is 11.0. The first-order chi connectivity index (χ1) is 10.7. The van der Waals surface area contributed by atoms with Gasteiger partial charge in [-0.1, -0.05) is 18.5 Å². The van der Waals surface area contributed by atoms with Crippen molar-refractivity contribution in [2.45, 2.75) is 39.3 Å². The molecule has 2 heterocycles. The molecule has 1 saturated heterocycles. The minimum absolute atomic E-state index is 0.120. The summed E-state index contributed by atoms with van der Waals surface area (Å²) in [6, 6.07) is 3.92. The third-order valence-corrected chi connectivity index (χ3v) is 5.37. The molecule has 2 aliphatic rings. The molecular formula is C17H24ClNO3. The van der Waals surface area contributed by atoms with Gasteiger partial charge in [-0.25, -0.2) is 0 Å². The Morgan fingerprint density at radius 2 is 2.09 bits per heavy atom. The minimum Gasteiger partial charge on any atom is -0.467 e. The van der Waals surface area contributed by atoms with Crippen LogP contribution in [0.25, 0.3) is 0 Å². The maximum absolute atomic E-state index is 9.64. The molecule has 0 spiro atoms. The van der Waals surface area contributed by atoms with Crippen molar-refractivity contribution in [2.75, 3.05) is 26.5 Å². The SMILES string of the molecule is CCC1(CO)CCN(Cc2cc(Cl)cc3c2OCOC3)CC1. The molecule has 0 radical (unpaired) electrons. The summed E-state index contributed by atoms with van der Waals surface area (Å²) in [6.45, 7) is 6.20. The second kappa shape index (κ2) is 6.75. The maximum Gasteiger partial charge on any atom is 0.189 e. The van der Waals surface area contributed by atoms with Gasteiger partial charge in [-0.15, -0.1) is 0 Å². The summed E-state index contributed by atoms with van der Waals surface area (Å²) in [6.07, 6.45) is 3.14. The third kappa shape index (κ3) is 3.25. The van der Waals surface area contributed by atoms with Gasteiger partial charge in [0.25, 0.3) is 0 Å². The largest absolute Gasteiger partial charge is 0.467 e. The zero-order valence-electron chi connectivity index (χ0n) is 13.1. The number of hydrogen-bond donors (Lipinski definition) is 1. The van der Waals surface area contributed by atoms with E-state index in [1.807, 2.05) is 12.1 Å². The number of likely N-dealkylation sites (tertiary alicyclic amines) is 1. The number of ether oxygens (including phenoxy) is 2. The van der Waals surface area contributed by atoms with Crippen LogP contribution in [-0.4, -0.2) is 36.5 Å². The average Bonchev–Trinajstić information content (AvgIpc) is 2.56. The molecule has 1 aromatic rings. The van der Waals surface area contributed by atoms with Crippen LogP contribution in [0.4, 0.5) is 0 Å². The van der Waals surface area contributed by atoms with E-state index in [4.69, 9.17) is 21.1 Å². The van der Waals surface area contributed by atoms with Crippen LogP contribution in [0.15, 0.2) is 12.1 Å². The fourth-order valence-corrected chi connectivity index (χ4v) is 3.69. The summed E-state index contributed by atoms with van der Waals surface area (Å²) >= 11 is 6.23. The molecule has 1 aromatic carbocycles. The first kappa shape index (κ1) is 16.1. The van der Waals surface area contributed by atoms with Crippen molar-refractivity contribution in [3.63, 3.8) is 0 Å². The lowest BCUT2D eigenvalue weighted by Gasteiger charge is -2.40. The average molecular weight is 326 g/mol. The van der Waals surface area contributed by atoms with E-state index in [9.17, 15) is 5.11 Å². The van der Waals surface area contributed by atoms with Gasteiger partial charge in [0.15, 0.2) is 6.79 Å². The minimum atomic E-state index is 0.120. The van der Waals surface area contributed by atoms with E-state index in [0.717, 1.165) is 60.8 Å². The van der Waals surface area contributed by atoms with Crippen molar-refractivity contribution < 1.29 is 14.6 Å². The Bertz CT molecular complexity index is 521. The standard InChI is InChI=1S/C17H24ClNO3/c1-2-17(11-20)3-5-19(6-4-17)9-13-7-15(18)8-14-10-21-12-22-16(13)14/h7-8,20H,2-6,9-12H2,1H3. The number of rotatable bonds is 4. The summed E-state index contributed by atoms with van der Waals surface area (Å²) in [4.78, 5) is 2.42. The summed E-state index contributed by atoms with van der Waals surface area (Å²) in [7, 11) is 0. The number of aliphatic hydroxyl groups excluding tert-OH is 1. The van der Waals surface area contributed by atoms with Crippen LogP contribution in [0.1, 0.15) is 37.3 Å². The molecule has 122 valence electrons. The highest BCUT2D eigenvalue weighted by Gasteiger charge is 2.32. The Hall–Kier alpha value is -0.810. The van der Waals surface area contributed by atoms with Crippen molar-refractivity contribution in [3.05, 3.63) is 28.3 Å². The molecule has 0 bridgehead atoms. The van der Waals surface area contributed by atoms with E-state index in [0.29, 0.717) is 20.0 Å². The molecule has 22 heavy (non-hydrogen) atoms. The summed E-state index contributed by atoms with van der Waals surface area (Å²) in [5, 5.41) is 10.4. The zero-order valence-corrected chi connectivity index (χ0v) is 13.9. The van der Waals surface area contributed by atoms with Crippen molar-refractivity contribution in [1.82, 2.24) is 4.90 Å². The molecule has 0 atom stereocenters. The lowest BCUT2D eigenvalue weighted by molar-refractivity contribution is -0.0179. The maximum atomic E-state index is 9.64. The Labute approximate surface area is 137 Å². The first-order valence-electron chi connectivity index (χ1n) is 8.01. The van der Waals surface area contributed by atoms with E-state index in [-0.39, 0.29) is 5.41 Å². The second-order valence-electron chi connectivity index (χ2n) is 6.45. The second-order valence-corrected chi connectivity index (χ2v) is 6.89.